The third kappa shape index (κ3) is 4.72. The average molecular weight is 431 g/mol. The number of allylic oxidation sites excluding steroid dienone is 1. The highest BCUT2D eigenvalue weighted by atomic mass is 16.7. The number of rotatable bonds is 7. The molecule has 7 heteroatoms. The first-order valence-electron chi connectivity index (χ1n) is 10.5. The molecule has 2 aliphatic heterocycles. The number of ether oxygens (including phenoxy) is 2. The second-order valence-electron chi connectivity index (χ2n) is 7.60. The molecule has 164 valence electrons. The van der Waals surface area contributed by atoms with E-state index in [4.69, 9.17) is 19.7 Å². The van der Waals surface area contributed by atoms with Crippen molar-refractivity contribution >= 4 is 23.7 Å². The SMILES string of the molecule is CCc1cc(C)cc(OCCOc2ccc(/C=C3\C(=N)N4OC(C)=CC4=NC3=O)cc2)c1. The largest absolute Gasteiger partial charge is 0.490 e. The topological polar surface area (TPSA) is 84.2 Å². The summed E-state index contributed by atoms with van der Waals surface area (Å²) in [6.45, 7) is 6.78. The Kier molecular flexibility index (Phi) is 6.07. The number of aryl methyl sites for hydroxylation is 2. The maximum Gasteiger partial charge on any atom is 0.282 e. The van der Waals surface area contributed by atoms with E-state index in [1.165, 1.54) is 16.2 Å². The number of fused-ring (bicyclic) bond motifs is 1. The van der Waals surface area contributed by atoms with Gasteiger partial charge in [-0.3, -0.25) is 10.2 Å². The van der Waals surface area contributed by atoms with Crippen LogP contribution in [-0.4, -0.2) is 35.9 Å². The van der Waals surface area contributed by atoms with Crippen LogP contribution in [0.2, 0.25) is 0 Å². The van der Waals surface area contributed by atoms with E-state index in [9.17, 15) is 4.79 Å². The predicted octanol–water partition coefficient (Wildman–Crippen LogP) is 4.47. The third-order valence-electron chi connectivity index (χ3n) is 5.01. The molecule has 0 unspecified atom stereocenters. The number of nitrogens with zero attached hydrogens (tertiary/aromatic N) is 2. The van der Waals surface area contributed by atoms with Crippen molar-refractivity contribution in [3.05, 3.63) is 76.6 Å². The van der Waals surface area contributed by atoms with Crippen LogP contribution < -0.4 is 9.47 Å². The number of hydrogen-bond acceptors (Lipinski definition) is 5. The maximum atomic E-state index is 12.3. The lowest BCUT2D eigenvalue weighted by Crippen LogP contribution is -2.38. The summed E-state index contributed by atoms with van der Waals surface area (Å²) in [5.41, 5.74) is 3.36. The Morgan fingerprint density at radius 3 is 2.50 bits per heavy atom. The van der Waals surface area contributed by atoms with Crippen LogP contribution in [0, 0.1) is 12.3 Å². The number of nitrogens with one attached hydrogen (secondary N) is 1. The van der Waals surface area contributed by atoms with Crippen LogP contribution in [0.4, 0.5) is 0 Å². The van der Waals surface area contributed by atoms with Gasteiger partial charge in [-0.15, -0.1) is 5.06 Å². The van der Waals surface area contributed by atoms with E-state index in [2.05, 4.69) is 31.0 Å². The highest BCUT2D eigenvalue weighted by Gasteiger charge is 2.34. The molecule has 0 saturated carbocycles. The summed E-state index contributed by atoms with van der Waals surface area (Å²) >= 11 is 0. The van der Waals surface area contributed by atoms with Crippen molar-refractivity contribution in [2.24, 2.45) is 4.99 Å². The highest BCUT2D eigenvalue weighted by Crippen LogP contribution is 2.24. The van der Waals surface area contributed by atoms with Crippen molar-refractivity contribution in [2.75, 3.05) is 13.2 Å². The first-order chi connectivity index (χ1) is 15.4. The van der Waals surface area contributed by atoms with Gasteiger partial charge >= 0.3 is 0 Å². The average Bonchev–Trinajstić information content (AvgIpc) is 3.15. The molecule has 32 heavy (non-hydrogen) atoms. The second kappa shape index (κ2) is 9.09. The van der Waals surface area contributed by atoms with Gasteiger partial charge in [0.05, 0.1) is 5.57 Å². The van der Waals surface area contributed by atoms with E-state index in [-0.39, 0.29) is 11.4 Å². The Labute approximate surface area is 187 Å². The lowest BCUT2D eigenvalue weighted by atomic mass is 10.1. The molecule has 0 radical (unpaired) electrons. The molecule has 1 amide bonds. The monoisotopic (exact) mass is 431 g/mol. The fourth-order valence-corrected chi connectivity index (χ4v) is 3.46. The maximum absolute atomic E-state index is 12.3. The second-order valence-corrected chi connectivity index (χ2v) is 7.60. The van der Waals surface area contributed by atoms with Gasteiger partial charge in [0, 0.05) is 6.08 Å². The number of hydrogen-bond donors (Lipinski definition) is 1. The van der Waals surface area contributed by atoms with Gasteiger partial charge in [-0.1, -0.05) is 25.1 Å². The van der Waals surface area contributed by atoms with Gasteiger partial charge in [0.25, 0.3) is 5.91 Å². The third-order valence-corrected chi connectivity index (χ3v) is 5.01. The van der Waals surface area contributed by atoms with E-state index in [0.29, 0.717) is 30.6 Å². The number of hydroxylamine groups is 2. The molecule has 0 fully saturated rings. The molecule has 0 atom stereocenters. The van der Waals surface area contributed by atoms with Crippen LogP contribution in [0.3, 0.4) is 0 Å². The smallest absolute Gasteiger partial charge is 0.282 e. The normalized spacial score (nSPS) is 16.5. The molecule has 0 aliphatic carbocycles. The van der Waals surface area contributed by atoms with E-state index < -0.39 is 5.91 Å². The minimum atomic E-state index is -0.462. The summed E-state index contributed by atoms with van der Waals surface area (Å²) in [7, 11) is 0. The van der Waals surface area contributed by atoms with E-state index >= 15 is 0 Å². The number of benzene rings is 2. The minimum Gasteiger partial charge on any atom is -0.490 e. The van der Waals surface area contributed by atoms with Crippen LogP contribution in [0.1, 0.15) is 30.5 Å². The Balaban J connectivity index is 1.33. The van der Waals surface area contributed by atoms with Gasteiger partial charge in [-0.25, -0.2) is 0 Å². The molecule has 0 bridgehead atoms. The zero-order chi connectivity index (χ0) is 22.7. The van der Waals surface area contributed by atoms with Gasteiger partial charge < -0.3 is 14.3 Å². The van der Waals surface area contributed by atoms with Crippen molar-refractivity contribution in [2.45, 2.75) is 27.2 Å². The van der Waals surface area contributed by atoms with Crippen molar-refractivity contribution in [3.8, 4) is 11.5 Å². The molecule has 2 aromatic carbocycles. The minimum absolute atomic E-state index is 0.0343. The van der Waals surface area contributed by atoms with Crippen LogP contribution in [0.25, 0.3) is 6.08 Å². The summed E-state index contributed by atoms with van der Waals surface area (Å²) in [5.74, 6) is 1.97. The van der Waals surface area contributed by atoms with Gasteiger partial charge in [0.1, 0.15) is 30.5 Å². The number of amidine groups is 2. The first-order valence-corrected chi connectivity index (χ1v) is 10.5. The van der Waals surface area contributed by atoms with Crippen molar-refractivity contribution < 1.29 is 19.1 Å². The standard InChI is InChI=1S/C25H25N3O4/c1-4-18-11-16(2)12-21(14-18)31-10-9-30-20-7-5-19(6-8-20)15-22-24(26)28-23(27-25(22)29)13-17(3)32-28/h5-8,11-15,26H,4,9-10H2,1-3H3/b22-15+,26-24?. The number of carbonyl (C=O) groups excluding carboxylic acids is 1. The molecule has 0 spiro atoms. The molecule has 1 N–H and O–H groups in total. The van der Waals surface area contributed by atoms with Crippen molar-refractivity contribution in [3.63, 3.8) is 0 Å². The van der Waals surface area contributed by atoms with E-state index in [1.807, 2.05) is 30.3 Å². The van der Waals surface area contributed by atoms with Crippen LogP contribution in [0.15, 0.2) is 64.9 Å². The zero-order valence-corrected chi connectivity index (χ0v) is 18.3. The van der Waals surface area contributed by atoms with Gasteiger partial charge in [0.15, 0.2) is 11.7 Å². The Morgan fingerprint density at radius 1 is 1.06 bits per heavy atom. The summed E-state index contributed by atoms with van der Waals surface area (Å²) in [4.78, 5) is 21.8. The number of amides is 1. The zero-order valence-electron chi connectivity index (χ0n) is 18.3. The molecule has 7 nitrogen and oxygen atoms in total. The Bertz CT molecular complexity index is 1150. The van der Waals surface area contributed by atoms with Crippen LogP contribution >= 0.6 is 0 Å². The summed E-state index contributed by atoms with van der Waals surface area (Å²) in [5, 5.41) is 9.51. The molecule has 2 aromatic rings. The molecule has 0 aromatic heterocycles. The van der Waals surface area contributed by atoms with Crippen molar-refractivity contribution in [1.82, 2.24) is 5.06 Å². The summed E-state index contributed by atoms with van der Waals surface area (Å²) in [6.07, 6.45) is 4.22. The van der Waals surface area contributed by atoms with Crippen LogP contribution in [-0.2, 0) is 16.1 Å². The van der Waals surface area contributed by atoms with Gasteiger partial charge in [0.2, 0.25) is 0 Å². The van der Waals surface area contributed by atoms with Gasteiger partial charge in [-0.2, -0.15) is 4.99 Å². The Hall–Kier alpha value is -3.87. The van der Waals surface area contributed by atoms with E-state index in [1.54, 1.807) is 19.1 Å². The lowest BCUT2D eigenvalue weighted by molar-refractivity contribution is -0.114. The fraction of sp³-hybridized carbons (Fsp3) is 0.240. The molecule has 2 heterocycles. The van der Waals surface area contributed by atoms with E-state index in [0.717, 1.165) is 17.7 Å². The highest BCUT2D eigenvalue weighted by molar-refractivity contribution is 6.32. The quantitative estimate of drug-likeness (QED) is 0.517. The summed E-state index contributed by atoms with van der Waals surface area (Å²) in [6, 6.07) is 13.5. The Morgan fingerprint density at radius 2 is 1.78 bits per heavy atom. The lowest BCUT2D eigenvalue weighted by Gasteiger charge is -2.22. The fourth-order valence-electron chi connectivity index (χ4n) is 3.46. The number of aliphatic imine (C=N–C) groups is 1. The molecule has 4 rings (SSSR count). The van der Waals surface area contributed by atoms with Crippen LogP contribution in [0.5, 0.6) is 11.5 Å². The molecular weight excluding hydrogens is 406 g/mol. The predicted molar refractivity (Wildman–Crippen MR) is 123 cm³/mol. The summed E-state index contributed by atoms with van der Waals surface area (Å²) < 4.78 is 11.6. The molecule has 2 aliphatic rings. The van der Waals surface area contributed by atoms with Gasteiger partial charge in [-0.05, 0) is 67.3 Å². The number of carbonyl (C=O) groups is 1. The van der Waals surface area contributed by atoms with Crippen molar-refractivity contribution in [1.29, 1.82) is 5.41 Å². The molecule has 0 saturated heterocycles. The first kappa shape index (κ1) is 21.4. The molecular formula is C25H25N3O4.